The molecule has 1 N–H and O–H groups in total. The first-order valence-corrected chi connectivity index (χ1v) is 9.75. The molecule has 0 radical (unpaired) electrons. The molecule has 150 valence electrons. The topological polar surface area (TPSA) is 118 Å². The maximum absolute atomic E-state index is 12.1. The lowest BCUT2D eigenvalue weighted by molar-refractivity contribution is -0.384. The van der Waals surface area contributed by atoms with Crippen molar-refractivity contribution in [1.82, 2.24) is 4.98 Å². The van der Waals surface area contributed by atoms with Crippen LogP contribution < -0.4 is 5.32 Å². The number of carbonyl (C=O) groups is 1. The van der Waals surface area contributed by atoms with Crippen molar-refractivity contribution in [2.45, 2.75) is 6.92 Å². The van der Waals surface area contributed by atoms with Crippen LogP contribution in [0.25, 0.3) is 16.8 Å². The van der Waals surface area contributed by atoms with Crippen molar-refractivity contribution in [3.63, 3.8) is 0 Å². The summed E-state index contributed by atoms with van der Waals surface area (Å²) in [6.07, 6.45) is 1.47. The van der Waals surface area contributed by atoms with Crippen LogP contribution in [0, 0.1) is 21.4 Å². The molecule has 0 unspecified atom stereocenters. The summed E-state index contributed by atoms with van der Waals surface area (Å²) in [7, 11) is 0. The molecule has 0 bridgehead atoms. The van der Waals surface area contributed by atoms with Crippen molar-refractivity contribution >= 4 is 34.3 Å². The minimum absolute atomic E-state index is 0.0321. The number of hydrogen-bond acceptors (Lipinski definition) is 8. The first-order chi connectivity index (χ1) is 14.5. The summed E-state index contributed by atoms with van der Waals surface area (Å²) in [5.74, 6) is -0.463. The number of benzene rings is 2. The highest BCUT2D eigenvalue weighted by atomic mass is 32.1. The van der Waals surface area contributed by atoms with Gasteiger partial charge in [-0.2, -0.15) is 5.26 Å². The number of ether oxygens (including phenoxy) is 1. The predicted molar refractivity (Wildman–Crippen MR) is 114 cm³/mol. The van der Waals surface area contributed by atoms with E-state index in [4.69, 9.17) is 4.74 Å². The van der Waals surface area contributed by atoms with E-state index in [1.807, 2.05) is 0 Å². The number of anilines is 1. The van der Waals surface area contributed by atoms with E-state index in [1.54, 1.807) is 48.7 Å². The number of para-hydroxylation sites is 1. The summed E-state index contributed by atoms with van der Waals surface area (Å²) in [5.41, 5.74) is 2.20. The zero-order valence-corrected chi connectivity index (χ0v) is 16.7. The van der Waals surface area contributed by atoms with E-state index in [-0.39, 0.29) is 17.9 Å². The van der Waals surface area contributed by atoms with Gasteiger partial charge in [0.25, 0.3) is 5.69 Å². The Balaban J connectivity index is 1.86. The van der Waals surface area contributed by atoms with Crippen LogP contribution in [0.1, 0.15) is 22.3 Å². The number of rotatable bonds is 7. The van der Waals surface area contributed by atoms with Gasteiger partial charge in [-0.05, 0) is 19.1 Å². The summed E-state index contributed by atoms with van der Waals surface area (Å²) < 4.78 is 5.04. The van der Waals surface area contributed by atoms with Gasteiger partial charge in [0.2, 0.25) is 0 Å². The van der Waals surface area contributed by atoms with Gasteiger partial charge < -0.3 is 10.1 Å². The Bertz CT molecular complexity index is 1160. The Hall–Kier alpha value is -4.03. The third-order valence-electron chi connectivity index (χ3n) is 4.00. The number of esters is 1. The SMILES string of the molecule is CCOC(=O)c1ccccc1N/C=C(\C#N)c1nc(-c2cccc([N+](=O)[O-])c2)cs1. The third-order valence-corrected chi connectivity index (χ3v) is 4.88. The number of nitro groups is 1. The first-order valence-electron chi connectivity index (χ1n) is 8.87. The molecule has 0 aliphatic heterocycles. The molecule has 30 heavy (non-hydrogen) atoms. The van der Waals surface area contributed by atoms with E-state index in [0.717, 1.165) is 0 Å². The number of nitriles is 1. The molecule has 9 heteroatoms. The molecule has 3 rings (SSSR count). The number of thiazole rings is 1. The maximum atomic E-state index is 12.1. The molecule has 1 heterocycles. The van der Waals surface area contributed by atoms with E-state index < -0.39 is 10.9 Å². The molecule has 0 aliphatic rings. The molecule has 2 aromatic carbocycles. The van der Waals surface area contributed by atoms with Gasteiger partial charge in [-0.1, -0.05) is 24.3 Å². The van der Waals surface area contributed by atoms with Crippen LogP contribution >= 0.6 is 11.3 Å². The average molecular weight is 420 g/mol. The fourth-order valence-corrected chi connectivity index (χ4v) is 3.39. The van der Waals surface area contributed by atoms with E-state index in [2.05, 4.69) is 16.4 Å². The van der Waals surface area contributed by atoms with Crippen LogP contribution in [0.4, 0.5) is 11.4 Å². The van der Waals surface area contributed by atoms with Crippen LogP contribution in [-0.2, 0) is 4.74 Å². The normalized spacial score (nSPS) is 10.9. The summed E-state index contributed by atoms with van der Waals surface area (Å²) in [6.45, 7) is 1.98. The van der Waals surface area contributed by atoms with Gasteiger partial charge in [-0.15, -0.1) is 11.3 Å². The molecular weight excluding hydrogens is 404 g/mol. The minimum atomic E-state index is -0.470. The number of aromatic nitrogens is 1. The second-order valence-electron chi connectivity index (χ2n) is 5.93. The molecule has 3 aromatic rings. The first kappa shape index (κ1) is 20.7. The Labute approximate surface area is 176 Å². The van der Waals surface area contributed by atoms with Gasteiger partial charge in [-0.25, -0.2) is 9.78 Å². The van der Waals surface area contributed by atoms with Gasteiger partial charge in [0.15, 0.2) is 0 Å². The second kappa shape index (κ2) is 9.45. The van der Waals surface area contributed by atoms with E-state index in [0.29, 0.717) is 27.5 Å². The van der Waals surface area contributed by atoms with Crippen LogP contribution in [0.15, 0.2) is 60.1 Å². The highest BCUT2D eigenvalue weighted by molar-refractivity contribution is 7.11. The largest absolute Gasteiger partial charge is 0.462 e. The van der Waals surface area contributed by atoms with Crippen molar-refractivity contribution in [3.05, 3.63) is 80.8 Å². The maximum Gasteiger partial charge on any atom is 0.340 e. The van der Waals surface area contributed by atoms with E-state index in [1.165, 1.54) is 29.7 Å². The molecule has 0 saturated carbocycles. The van der Waals surface area contributed by atoms with Gasteiger partial charge in [0.1, 0.15) is 16.6 Å². The lowest BCUT2D eigenvalue weighted by atomic mass is 10.1. The van der Waals surface area contributed by atoms with Gasteiger partial charge in [0, 0.05) is 29.3 Å². The number of nitrogens with zero attached hydrogens (tertiary/aromatic N) is 3. The van der Waals surface area contributed by atoms with E-state index in [9.17, 15) is 20.2 Å². The third kappa shape index (κ3) is 4.68. The Morgan fingerprint density at radius 2 is 2.13 bits per heavy atom. The lowest BCUT2D eigenvalue weighted by Gasteiger charge is -2.08. The van der Waals surface area contributed by atoms with Crippen molar-refractivity contribution in [1.29, 1.82) is 5.26 Å². The predicted octanol–water partition coefficient (Wildman–Crippen LogP) is 4.87. The zero-order valence-electron chi connectivity index (χ0n) is 15.9. The van der Waals surface area contributed by atoms with Crippen molar-refractivity contribution in [3.8, 4) is 17.3 Å². The van der Waals surface area contributed by atoms with Crippen LogP contribution in [0.5, 0.6) is 0 Å². The number of carbonyl (C=O) groups excluding carboxylic acids is 1. The molecule has 0 amide bonds. The average Bonchev–Trinajstić information content (AvgIpc) is 3.25. The fourth-order valence-electron chi connectivity index (χ4n) is 2.60. The molecule has 0 aliphatic carbocycles. The Morgan fingerprint density at radius 1 is 1.33 bits per heavy atom. The fraction of sp³-hybridized carbons (Fsp3) is 0.0952. The Kier molecular flexibility index (Phi) is 6.52. The van der Waals surface area contributed by atoms with Crippen molar-refractivity contribution < 1.29 is 14.5 Å². The van der Waals surface area contributed by atoms with E-state index >= 15 is 0 Å². The van der Waals surface area contributed by atoms with Gasteiger partial charge in [0.05, 0.1) is 28.5 Å². The quantitative estimate of drug-likeness (QED) is 0.251. The summed E-state index contributed by atoms with van der Waals surface area (Å²) in [6, 6.07) is 15.0. The van der Waals surface area contributed by atoms with Crippen LogP contribution in [0.2, 0.25) is 0 Å². The van der Waals surface area contributed by atoms with Crippen LogP contribution in [-0.4, -0.2) is 22.5 Å². The molecule has 0 fully saturated rings. The number of nitro benzene ring substituents is 1. The zero-order chi connectivity index (χ0) is 21.5. The van der Waals surface area contributed by atoms with Crippen LogP contribution in [0.3, 0.4) is 0 Å². The molecule has 1 aromatic heterocycles. The molecule has 0 atom stereocenters. The monoisotopic (exact) mass is 420 g/mol. The molecular formula is C21H16N4O4S. The van der Waals surface area contributed by atoms with Gasteiger partial charge in [-0.3, -0.25) is 10.1 Å². The number of non-ortho nitro benzene ring substituents is 1. The second-order valence-corrected chi connectivity index (χ2v) is 6.78. The smallest absolute Gasteiger partial charge is 0.340 e. The molecule has 0 spiro atoms. The standard InChI is InChI=1S/C21H16N4O4S/c1-2-29-21(26)17-8-3-4-9-18(17)23-12-15(11-22)20-24-19(13-30-20)14-6-5-7-16(10-14)25(27)28/h3-10,12-13,23H,2H2,1H3/b15-12+. The summed E-state index contributed by atoms with van der Waals surface area (Å²) in [4.78, 5) is 27.0. The molecule has 8 nitrogen and oxygen atoms in total. The number of hydrogen-bond donors (Lipinski definition) is 1. The number of allylic oxidation sites excluding steroid dienone is 1. The number of nitrogens with one attached hydrogen (secondary N) is 1. The van der Waals surface area contributed by atoms with Gasteiger partial charge >= 0.3 is 5.97 Å². The summed E-state index contributed by atoms with van der Waals surface area (Å²) in [5, 5.41) is 25.7. The highest BCUT2D eigenvalue weighted by Gasteiger charge is 2.14. The lowest BCUT2D eigenvalue weighted by Crippen LogP contribution is -2.07. The Morgan fingerprint density at radius 3 is 2.87 bits per heavy atom. The summed E-state index contributed by atoms with van der Waals surface area (Å²) >= 11 is 1.24. The highest BCUT2D eigenvalue weighted by Crippen LogP contribution is 2.28. The van der Waals surface area contributed by atoms with Crippen molar-refractivity contribution in [2.24, 2.45) is 0 Å². The van der Waals surface area contributed by atoms with Crippen molar-refractivity contribution in [2.75, 3.05) is 11.9 Å². The molecule has 0 saturated heterocycles. The minimum Gasteiger partial charge on any atom is -0.462 e.